The number of nitrogens with zero attached hydrogens (tertiary/aromatic N) is 1. The van der Waals surface area contributed by atoms with Crippen molar-refractivity contribution in [1.29, 1.82) is 0 Å². The molecule has 1 heteroatoms. The molecule has 4 aromatic carbocycles. The van der Waals surface area contributed by atoms with E-state index in [2.05, 4.69) is 84.9 Å². The average Bonchev–Trinajstić information content (AvgIpc) is 2.70. The molecule has 1 radical (unpaired) electrons. The minimum atomic E-state index is 0.983. The predicted molar refractivity (Wildman–Crippen MR) is 105 cm³/mol. The molecule has 1 nitrogen and oxygen atoms in total. The summed E-state index contributed by atoms with van der Waals surface area (Å²) < 4.78 is 0. The monoisotopic (exact) mass is 320 g/mol. The van der Waals surface area contributed by atoms with Crippen LogP contribution in [0, 0.1) is 0 Å². The quantitative estimate of drug-likeness (QED) is 0.403. The molecule has 0 aliphatic rings. The molecule has 119 valence electrons. The van der Waals surface area contributed by atoms with Crippen molar-refractivity contribution in [3.8, 4) is 22.3 Å². The Kier molecular flexibility index (Phi) is 4.30. The van der Waals surface area contributed by atoms with E-state index in [1.54, 1.807) is 0 Å². The zero-order valence-electron chi connectivity index (χ0n) is 13.8. The lowest BCUT2D eigenvalue weighted by Crippen LogP contribution is -1.94. The molecule has 0 aromatic heterocycles. The third-order valence-corrected chi connectivity index (χ3v) is 4.22. The Labute approximate surface area is 148 Å². The Morgan fingerprint density at radius 1 is 0.360 bits per heavy atom. The van der Waals surface area contributed by atoms with Gasteiger partial charge in [-0.15, -0.1) is 0 Å². The zero-order valence-corrected chi connectivity index (χ0v) is 13.8. The zero-order chi connectivity index (χ0) is 16.9. The van der Waals surface area contributed by atoms with Gasteiger partial charge in [-0.2, -0.15) is 0 Å². The molecule has 0 amide bonds. The second kappa shape index (κ2) is 7.06. The molecule has 4 rings (SSSR count). The van der Waals surface area contributed by atoms with Gasteiger partial charge in [0.05, 0.1) is 11.4 Å². The van der Waals surface area contributed by atoms with Gasteiger partial charge < -0.3 is 0 Å². The predicted octanol–water partition coefficient (Wildman–Crippen LogP) is 6.59. The van der Waals surface area contributed by atoms with Crippen LogP contribution in [0.25, 0.3) is 22.3 Å². The van der Waals surface area contributed by atoms with Crippen molar-refractivity contribution in [2.24, 2.45) is 0 Å². The van der Waals surface area contributed by atoms with Crippen molar-refractivity contribution in [2.45, 2.75) is 0 Å². The Hall–Kier alpha value is -3.32. The van der Waals surface area contributed by atoms with Crippen LogP contribution < -0.4 is 5.32 Å². The highest BCUT2D eigenvalue weighted by Gasteiger charge is 2.10. The van der Waals surface area contributed by atoms with E-state index in [0.717, 1.165) is 22.5 Å². The molecule has 0 saturated heterocycles. The molecule has 4 aromatic rings. The largest absolute Gasteiger partial charge is 0.248 e. The van der Waals surface area contributed by atoms with E-state index >= 15 is 0 Å². The lowest BCUT2D eigenvalue weighted by molar-refractivity contribution is 1.19. The lowest BCUT2D eigenvalue weighted by atomic mass is 10.0. The van der Waals surface area contributed by atoms with Gasteiger partial charge in [-0.1, -0.05) is 97.1 Å². The number of hydrogen-bond donors (Lipinski definition) is 0. The highest BCUT2D eigenvalue weighted by atomic mass is 14.9. The topological polar surface area (TPSA) is 14.1 Å². The Balaban J connectivity index is 1.76. The summed E-state index contributed by atoms with van der Waals surface area (Å²) in [5.74, 6) is 0. The van der Waals surface area contributed by atoms with Gasteiger partial charge in [-0.05, 0) is 23.3 Å². The van der Waals surface area contributed by atoms with Crippen LogP contribution in [0.4, 0.5) is 11.4 Å². The Morgan fingerprint density at radius 3 is 1.16 bits per heavy atom. The van der Waals surface area contributed by atoms with E-state index < -0.39 is 0 Å². The van der Waals surface area contributed by atoms with Crippen molar-refractivity contribution in [3.05, 3.63) is 109 Å². The van der Waals surface area contributed by atoms with E-state index in [4.69, 9.17) is 5.32 Å². The molecule has 25 heavy (non-hydrogen) atoms. The summed E-state index contributed by atoms with van der Waals surface area (Å²) in [4.78, 5) is 0. The maximum Gasteiger partial charge on any atom is 0.0715 e. The van der Waals surface area contributed by atoms with Crippen LogP contribution in [0.1, 0.15) is 0 Å². The van der Waals surface area contributed by atoms with Crippen molar-refractivity contribution < 1.29 is 0 Å². The van der Waals surface area contributed by atoms with E-state index in [1.807, 2.05) is 24.3 Å². The lowest BCUT2D eigenvalue weighted by Gasteiger charge is -2.13. The van der Waals surface area contributed by atoms with Gasteiger partial charge in [0.25, 0.3) is 0 Å². The van der Waals surface area contributed by atoms with Crippen LogP contribution in [0.15, 0.2) is 109 Å². The van der Waals surface area contributed by atoms with E-state index in [0.29, 0.717) is 0 Å². The molecular formula is C24H18N. The van der Waals surface area contributed by atoms with Crippen LogP contribution in [0.2, 0.25) is 0 Å². The van der Waals surface area contributed by atoms with Crippen LogP contribution in [0.3, 0.4) is 0 Å². The summed E-state index contributed by atoms with van der Waals surface area (Å²) in [5, 5.41) is 4.99. The fraction of sp³-hybridized carbons (Fsp3) is 0. The van der Waals surface area contributed by atoms with Crippen LogP contribution in [-0.2, 0) is 0 Å². The van der Waals surface area contributed by atoms with E-state index in [1.165, 1.54) is 11.1 Å². The third kappa shape index (κ3) is 3.31. The maximum absolute atomic E-state index is 4.99. The van der Waals surface area contributed by atoms with Crippen molar-refractivity contribution >= 4 is 11.4 Å². The van der Waals surface area contributed by atoms with Gasteiger partial charge in [0.2, 0.25) is 0 Å². The molecule has 0 spiro atoms. The summed E-state index contributed by atoms with van der Waals surface area (Å²) in [6.07, 6.45) is 0. The van der Waals surface area contributed by atoms with Crippen molar-refractivity contribution in [2.75, 3.05) is 0 Å². The van der Waals surface area contributed by atoms with Gasteiger partial charge in [-0.25, -0.2) is 5.32 Å². The van der Waals surface area contributed by atoms with Crippen LogP contribution in [-0.4, -0.2) is 0 Å². The minimum Gasteiger partial charge on any atom is -0.248 e. The third-order valence-electron chi connectivity index (χ3n) is 4.22. The molecule has 0 saturated carbocycles. The Bertz CT molecular complexity index is 878. The number of rotatable bonds is 4. The highest BCUT2D eigenvalue weighted by Crippen LogP contribution is 2.34. The number of benzene rings is 4. The SMILES string of the molecule is c1ccc(-c2ccccc2[N]c2ccccc2-c2ccccc2)cc1. The molecule has 0 aliphatic carbocycles. The first-order valence-corrected chi connectivity index (χ1v) is 8.42. The fourth-order valence-electron chi connectivity index (χ4n) is 3.00. The molecule has 0 atom stereocenters. The first kappa shape index (κ1) is 15.2. The van der Waals surface area contributed by atoms with Gasteiger partial charge in [-0.3, -0.25) is 0 Å². The normalized spacial score (nSPS) is 10.4. The second-order valence-corrected chi connectivity index (χ2v) is 5.88. The van der Waals surface area contributed by atoms with Crippen molar-refractivity contribution in [1.82, 2.24) is 5.32 Å². The number of para-hydroxylation sites is 2. The number of hydrogen-bond acceptors (Lipinski definition) is 0. The maximum atomic E-state index is 4.99. The first-order chi connectivity index (χ1) is 12.4. The molecule has 0 fully saturated rings. The average molecular weight is 320 g/mol. The smallest absolute Gasteiger partial charge is 0.0715 e. The second-order valence-electron chi connectivity index (χ2n) is 5.88. The van der Waals surface area contributed by atoms with Gasteiger partial charge >= 0.3 is 0 Å². The van der Waals surface area contributed by atoms with Crippen molar-refractivity contribution in [3.63, 3.8) is 0 Å². The van der Waals surface area contributed by atoms with E-state index in [-0.39, 0.29) is 0 Å². The molecule has 0 aliphatic heterocycles. The van der Waals surface area contributed by atoms with Crippen LogP contribution in [0.5, 0.6) is 0 Å². The van der Waals surface area contributed by atoms with Gasteiger partial charge in [0, 0.05) is 11.1 Å². The summed E-state index contributed by atoms with van der Waals surface area (Å²) in [6, 6.07) is 37.4. The molecule has 0 bridgehead atoms. The molecule has 0 heterocycles. The molecule has 0 N–H and O–H groups in total. The summed E-state index contributed by atoms with van der Waals surface area (Å²) in [7, 11) is 0. The molecule has 0 unspecified atom stereocenters. The standard InChI is InChI=1S/C24H18N/c1-3-11-19(12-4-1)21-15-7-9-17-23(21)25-24-18-10-8-16-22(24)20-13-5-2-6-14-20/h1-18H. The van der Waals surface area contributed by atoms with Crippen LogP contribution >= 0.6 is 0 Å². The summed E-state index contributed by atoms with van der Waals surface area (Å²) >= 11 is 0. The molecular weight excluding hydrogens is 302 g/mol. The van der Waals surface area contributed by atoms with Gasteiger partial charge in [0.15, 0.2) is 0 Å². The first-order valence-electron chi connectivity index (χ1n) is 8.42. The van der Waals surface area contributed by atoms with E-state index in [9.17, 15) is 0 Å². The highest BCUT2D eigenvalue weighted by molar-refractivity contribution is 5.81. The summed E-state index contributed by atoms with van der Waals surface area (Å²) in [6.45, 7) is 0. The van der Waals surface area contributed by atoms with Gasteiger partial charge in [0.1, 0.15) is 0 Å². The fourth-order valence-corrected chi connectivity index (χ4v) is 3.00. The minimum absolute atomic E-state index is 0.983. The Morgan fingerprint density at radius 2 is 0.720 bits per heavy atom. The summed E-state index contributed by atoms with van der Waals surface area (Å²) in [5.41, 5.74) is 6.61.